The number of aromatic hydroxyl groups is 5. The first kappa shape index (κ1) is 17.4. The molecular formula is C14H12O9. The van der Waals surface area contributed by atoms with Crippen LogP contribution in [0, 0.1) is 0 Å². The maximum atomic E-state index is 10.3. The van der Waals surface area contributed by atoms with Gasteiger partial charge in [0.05, 0.1) is 0 Å². The van der Waals surface area contributed by atoms with Gasteiger partial charge in [0, 0.05) is 0 Å². The number of benzene rings is 2. The molecule has 0 fully saturated rings. The standard InChI is InChI=1S/C7H6O5.C7H6O4/c8-4-2-1-3(7(11)12)5(9)6(4)10;8-4-2-1-3-5(9)6(4)7(10)11/h1-2,8-10H,(H,11,12);1-3,8-9H,(H,10,11). The fourth-order valence-electron chi connectivity index (χ4n) is 1.49. The van der Waals surface area contributed by atoms with Gasteiger partial charge in [0.15, 0.2) is 11.5 Å². The van der Waals surface area contributed by atoms with Crippen LogP contribution in [0.2, 0.25) is 0 Å². The molecule has 0 bridgehead atoms. The minimum absolute atomic E-state index is 0.433. The van der Waals surface area contributed by atoms with Gasteiger partial charge in [0.1, 0.15) is 22.6 Å². The number of carboxylic acids is 2. The Morgan fingerprint density at radius 1 is 0.652 bits per heavy atom. The van der Waals surface area contributed by atoms with Crippen LogP contribution < -0.4 is 0 Å². The van der Waals surface area contributed by atoms with Crippen LogP contribution in [0.5, 0.6) is 28.7 Å². The van der Waals surface area contributed by atoms with E-state index in [9.17, 15) is 9.59 Å². The molecule has 0 aliphatic rings. The molecule has 7 N–H and O–H groups in total. The maximum absolute atomic E-state index is 10.3. The van der Waals surface area contributed by atoms with E-state index in [1.807, 2.05) is 0 Å². The van der Waals surface area contributed by atoms with Crippen LogP contribution in [0.15, 0.2) is 30.3 Å². The van der Waals surface area contributed by atoms with E-state index in [0.717, 1.165) is 12.1 Å². The SMILES string of the molecule is O=C(O)c1c(O)cccc1O.O=C(O)c1ccc(O)c(O)c1O. The summed E-state index contributed by atoms with van der Waals surface area (Å²) in [5.74, 6) is -5.80. The van der Waals surface area contributed by atoms with Crippen molar-refractivity contribution in [3.05, 3.63) is 41.5 Å². The molecule has 9 heteroatoms. The third kappa shape index (κ3) is 3.94. The Kier molecular flexibility index (Phi) is 5.22. The molecule has 0 aromatic heterocycles. The Labute approximate surface area is 128 Å². The van der Waals surface area contributed by atoms with Gasteiger partial charge >= 0.3 is 11.9 Å². The molecule has 0 amide bonds. The minimum atomic E-state index is -1.37. The third-order valence-electron chi connectivity index (χ3n) is 2.59. The Morgan fingerprint density at radius 2 is 1.17 bits per heavy atom. The Morgan fingerprint density at radius 3 is 1.57 bits per heavy atom. The molecule has 0 heterocycles. The summed E-state index contributed by atoms with van der Waals surface area (Å²) in [6.07, 6.45) is 0. The number of phenols is 5. The number of aromatic carboxylic acids is 2. The molecule has 2 rings (SSSR count). The molecule has 0 unspecified atom stereocenters. The highest BCUT2D eigenvalue weighted by Gasteiger charge is 2.15. The van der Waals surface area contributed by atoms with E-state index in [-0.39, 0.29) is 0 Å². The molecule has 2 aromatic rings. The van der Waals surface area contributed by atoms with E-state index in [1.54, 1.807) is 0 Å². The zero-order valence-corrected chi connectivity index (χ0v) is 11.3. The van der Waals surface area contributed by atoms with Crippen molar-refractivity contribution in [2.75, 3.05) is 0 Å². The lowest BCUT2D eigenvalue weighted by Crippen LogP contribution is -1.96. The van der Waals surface area contributed by atoms with E-state index < -0.39 is 51.8 Å². The molecule has 0 atom stereocenters. The second kappa shape index (κ2) is 6.89. The van der Waals surface area contributed by atoms with Gasteiger partial charge in [-0.15, -0.1) is 0 Å². The molecule has 0 spiro atoms. The minimum Gasteiger partial charge on any atom is -0.507 e. The number of rotatable bonds is 2. The van der Waals surface area contributed by atoms with Crippen molar-refractivity contribution in [2.45, 2.75) is 0 Å². The van der Waals surface area contributed by atoms with Crippen molar-refractivity contribution in [2.24, 2.45) is 0 Å². The first-order valence-electron chi connectivity index (χ1n) is 5.88. The number of carboxylic acid groups (broad SMARTS) is 2. The second-order valence-electron chi connectivity index (χ2n) is 4.11. The highest BCUT2D eigenvalue weighted by Crippen LogP contribution is 2.36. The third-order valence-corrected chi connectivity index (χ3v) is 2.59. The molecular weight excluding hydrogens is 312 g/mol. The monoisotopic (exact) mass is 324 g/mol. The Hall–Kier alpha value is -3.62. The van der Waals surface area contributed by atoms with Crippen LogP contribution in [0.25, 0.3) is 0 Å². The van der Waals surface area contributed by atoms with Gasteiger partial charge in [-0.3, -0.25) is 0 Å². The predicted molar refractivity (Wildman–Crippen MR) is 75.1 cm³/mol. The quantitative estimate of drug-likeness (QED) is 0.401. The lowest BCUT2D eigenvalue weighted by Gasteiger charge is -2.02. The molecule has 23 heavy (non-hydrogen) atoms. The van der Waals surface area contributed by atoms with Crippen molar-refractivity contribution in [3.63, 3.8) is 0 Å². The van der Waals surface area contributed by atoms with E-state index in [2.05, 4.69) is 0 Å². The molecule has 0 aliphatic carbocycles. The van der Waals surface area contributed by atoms with Gasteiger partial charge < -0.3 is 35.7 Å². The number of phenolic OH excluding ortho intramolecular Hbond substituents is 2. The van der Waals surface area contributed by atoms with Crippen LogP contribution in [-0.4, -0.2) is 47.7 Å². The number of carbonyl (C=O) groups is 2. The van der Waals surface area contributed by atoms with Gasteiger partial charge in [-0.25, -0.2) is 9.59 Å². The Bertz CT molecular complexity index is 732. The van der Waals surface area contributed by atoms with Crippen molar-refractivity contribution in [3.8, 4) is 28.7 Å². The summed E-state index contributed by atoms with van der Waals surface area (Å²) >= 11 is 0. The Balaban J connectivity index is 0.000000231. The zero-order valence-electron chi connectivity index (χ0n) is 11.3. The van der Waals surface area contributed by atoms with Crippen LogP contribution in [0.1, 0.15) is 20.7 Å². The first-order chi connectivity index (χ1) is 10.7. The van der Waals surface area contributed by atoms with Crippen molar-refractivity contribution in [1.29, 1.82) is 0 Å². The van der Waals surface area contributed by atoms with Gasteiger partial charge in [0.25, 0.3) is 0 Å². The highest BCUT2D eigenvalue weighted by molar-refractivity contribution is 5.93. The lowest BCUT2D eigenvalue weighted by molar-refractivity contribution is 0.0680. The fourth-order valence-corrected chi connectivity index (χ4v) is 1.49. The zero-order chi connectivity index (χ0) is 17.7. The molecule has 0 radical (unpaired) electrons. The summed E-state index contributed by atoms with van der Waals surface area (Å²) < 4.78 is 0. The van der Waals surface area contributed by atoms with E-state index >= 15 is 0 Å². The number of hydrogen-bond acceptors (Lipinski definition) is 7. The van der Waals surface area contributed by atoms with Crippen LogP contribution >= 0.6 is 0 Å². The molecule has 122 valence electrons. The normalized spacial score (nSPS) is 9.57. The van der Waals surface area contributed by atoms with Crippen molar-refractivity contribution >= 4 is 11.9 Å². The van der Waals surface area contributed by atoms with Crippen LogP contribution in [0.3, 0.4) is 0 Å². The number of hydrogen-bond donors (Lipinski definition) is 7. The summed E-state index contributed by atoms with van der Waals surface area (Å²) in [4.78, 5) is 20.7. The summed E-state index contributed by atoms with van der Waals surface area (Å²) in [7, 11) is 0. The van der Waals surface area contributed by atoms with E-state index in [1.165, 1.54) is 18.2 Å². The van der Waals surface area contributed by atoms with Crippen molar-refractivity contribution in [1.82, 2.24) is 0 Å². The highest BCUT2D eigenvalue weighted by atomic mass is 16.4. The largest absolute Gasteiger partial charge is 0.507 e. The molecule has 0 saturated heterocycles. The summed E-state index contributed by atoms with van der Waals surface area (Å²) in [6.45, 7) is 0. The van der Waals surface area contributed by atoms with Gasteiger partial charge in [-0.2, -0.15) is 0 Å². The lowest BCUT2D eigenvalue weighted by atomic mass is 10.2. The second-order valence-corrected chi connectivity index (χ2v) is 4.11. The van der Waals surface area contributed by atoms with Crippen LogP contribution in [-0.2, 0) is 0 Å². The van der Waals surface area contributed by atoms with E-state index in [4.69, 9.17) is 35.7 Å². The van der Waals surface area contributed by atoms with Crippen LogP contribution in [0.4, 0.5) is 0 Å². The molecule has 0 aliphatic heterocycles. The molecule has 2 aromatic carbocycles. The fraction of sp³-hybridized carbons (Fsp3) is 0. The first-order valence-corrected chi connectivity index (χ1v) is 5.88. The molecule has 9 nitrogen and oxygen atoms in total. The van der Waals surface area contributed by atoms with Gasteiger partial charge in [-0.05, 0) is 24.3 Å². The summed E-state index contributed by atoms with van der Waals surface area (Å²) in [5.41, 5.74) is -0.919. The van der Waals surface area contributed by atoms with Crippen molar-refractivity contribution < 1.29 is 45.3 Å². The smallest absolute Gasteiger partial charge is 0.343 e. The van der Waals surface area contributed by atoms with E-state index in [0.29, 0.717) is 0 Å². The van der Waals surface area contributed by atoms with Gasteiger partial charge in [-0.1, -0.05) is 6.07 Å². The average Bonchev–Trinajstić information content (AvgIpc) is 2.44. The summed E-state index contributed by atoms with van der Waals surface area (Å²) in [5, 5.41) is 61.3. The molecule has 0 saturated carbocycles. The summed E-state index contributed by atoms with van der Waals surface area (Å²) in [6, 6.07) is 5.73. The maximum Gasteiger partial charge on any atom is 0.343 e. The average molecular weight is 324 g/mol. The topological polar surface area (TPSA) is 176 Å². The van der Waals surface area contributed by atoms with Gasteiger partial charge in [0.2, 0.25) is 5.75 Å². The predicted octanol–water partition coefficient (Wildman–Crippen LogP) is 1.30.